The van der Waals surface area contributed by atoms with E-state index < -0.39 is 0 Å². The van der Waals surface area contributed by atoms with E-state index in [9.17, 15) is 14.4 Å². The molecule has 0 unspecified atom stereocenters. The fraction of sp³-hybridized carbons (Fsp3) is 0.833. The summed E-state index contributed by atoms with van der Waals surface area (Å²) in [6, 6.07) is 0.245. The van der Waals surface area contributed by atoms with Crippen LogP contribution in [0.1, 0.15) is 64.2 Å². The standard InChI is InChI=1S/C18H28N2O3/c21-16-9-11-20(12-10-16)18(23)14-5-7-15(8-6-14)19-17(22)13-3-1-2-4-13/h13-15H,1-12H2,(H,19,22). The molecule has 0 atom stereocenters. The van der Waals surface area contributed by atoms with E-state index in [-0.39, 0.29) is 35.5 Å². The second-order valence-corrected chi connectivity index (χ2v) is 7.40. The summed E-state index contributed by atoms with van der Waals surface area (Å²) >= 11 is 0. The first-order chi connectivity index (χ1) is 11.1. The maximum atomic E-state index is 12.5. The van der Waals surface area contributed by atoms with Gasteiger partial charge in [-0.2, -0.15) is 0 Å². The molecule has 0 aromatic heterocycles. The fourth-order valence-corrected chi connectivity index (χ4v) is 4.23. The van der Waals surface area contributed by atoms with Gasteiger partial charge in [0.2, 0.25) is 11.8 Å². The van der Waals surface area contributed by atoms with Gasteiger partial charge >= 0.3 is 0 Å². The number of nitrogens with one attached hydrogen (secondary N) is 1. The molecule has 5 nitrogen and oxygen atoms in total. The Balaban J connectivity index is 1.42. The van der Waals surface area contributed by atoms with Crippen LogP contribution in [0.5, 0.6) is 0 Å². The molecule has 1 heterocycles. The summed E-state index contributed by atoms with van der Waals surface area (Å²) < 4.78 is 0. The molecule has 0 spiro atoms. The molecular weight excluding hydrogens is 292 g/mol. The van der Waals surface area contributed by atoms with E-state index in [0.717, 1.165) is 38.5 Å². The zero-order valence-electron chi connectivity index (χ0n) is 13.9. The van der Waals surface area contributed by atoms with E-state index in [1.165, 1.54) is 12.8 Å². The number of nitrogens with zero attached hydrogens (tertiary/aromatic N) is 1. The Hall–Kier alpha value is -1.39. The molecule has 2 saturated carbocycles. The van der Waals surface area contributed by atoms with Crippen LogP contribution in [0.4, 0.5) is 0 Å². The molecule has 3 aliphatic rings. The second kappa shape index (κ2) is 7.45. The van der Waals surface area contributed by atoms with Crippen LogP contribution in [0.3, 0.4) is 0 Å². The fourth-order valence-electron chi connectivity index (χ4n) is 4.23. The minimum Gasteiger partial charge on any atom is -0.353 e. The summed E-state index contributed by atoms with van der Waals surface area (Å²) in [5.41, 5.74) is 0. The second-order valence-electron chi connectivity index (χ2n) is 7.40. The molecular formula is C18H28N2O3. The molecule has 1 N–H and O–H groups in total. The van der Waals surface area contributed by atoms with Crippen LogP contribution in [0.15, 0.2) is 0 Å². The normalized spacial score (nSPS) is 29.6. The molecule has 5 heteroatoms. The highest BCUT2D eigenvalue weighted by Crippen LogP contribution is 2.29. The molecule has 0 radical (unpaired) electrons. The largest absolute Gasteiger partial charge is 0.353 e. The van der Waals surface area contributed by atoms with Gasteiger partial charge < -0.3 is 10.2 Å². The Morgan fingerprint density at radius 2 is 1.48 bits per heavy atom. The van der Waals surface area contributed by atoms with Crippen molar-refractivity contribution in [3.8, 4) is 0 Å². The molecule has 0 aromatic carbocycles. The van der Waals surface area contributed by atoms with Gasteiger partial charge in [-0.25, -0.2) is 0 Å². The number of hydrogen-bond acceptors (Lipinski definition) is 3. The lowest BCUT2D eigenvalue weighted by molar-refractivity contribution is -0.139. The first-order valence-electron chi connectivity index (χ1n) is 9.24. The van der Waals surface area contributed by atoms with Crippen molar-refractivity contribution >= 4 is 17.6 Å². The van der Waals surface area contributed by atoms with E-state index in [1.54, 1.807) is 0 Å². The summed E-state index contributed by atoms with van der Waals surface area (Å²) in [7, 11) is 0. The van der Waals surface area contributed by atoms with Crippen molar-refractivity contribution in [2.24, 2.45) is 11.8 Å². The summed E-state index contributed by atoms with van der Waals surface area (Å²) in [6.45, 7) is 1.19. The third-order valence-electron chi connectivity index (χ3n) is 5.78. The summed E-state index contributed by atoms with van der Waals surface area (Å²) in [5.74, 6) is 1.03. The van der Waals surface area contributed by atoms with Crippen LogP contribution in [0, 0.1) is 11.8 Å². The number of hydrogen-bond donors (Lipinski definition) is 1. The number of Topliss-reactive ketones (excluding diaryl/α,β-unsaturated/α-hetero) is 1. The van der Waals surface area contributed by atoms with Crippen LogP contribution in [-0.2, 0) is 14.4 Å². The van der Waals surface area contributed by atoms with Crippen molar-refractivity contribution in [3.63, 3.8) is 0 Å². The summed E-state index contributed by atoms with van der Waals surface area (Å²) in [5, 5.41) is 3.20. The van der Waals surface area contributed by atoms with Gasteiger partial charge in [-0.05, 0) is 38.5 Å². The van der Waals surface area contributed by atoms with Crippen LogP contribution in [0.2, 0.25) is 0 Å². The minimum absolute atomic E-state index is 0.0860. The average Bonchev–Trinajstić information content (AvgIpc) is 3.10. The maximum absolute atomic E-state index is 12.5. The van der Waals surface area contributed by atoms with Gasteiger partial charge in [-0.1, -0.05) is 12.8 Å². The predicted molar refractivity (Wildman–Crippen MR) is 86.7 cm³/mol. The highest BCUT2D eigenvalue weighted by Gasteiger charge is 2.32. The summed E-state index contributed by atoms with van der Waals surface area (Å²) in [6.07, 6.45) is 8.98. The number of amides is 2. The zero-order chi connectivity index (χ0) is 16.2. The monoisotopic (exact) mass is 320 g/mol. The Morgan fingerprint density at radius 1 is 0.870 bits per heavy atom. The van der Waals surface area contributed by atoms with Gasteiger partial charge in [-0.3, -0.25) is 14.4 Å². The molecule has 3 rings (SSSR count). The number of piperidine rings is 1. The summed E-state index contributed by atoms with van der Waals surface area (Å²) in [4.78, 5) is 37.9. The van der Waals surface area contributed by atoms with Crippen LogP contribution < -0.4 is 5.32 Å². The number of carbonyl (C=O) groups is 3. The first kappa shape index (κ1) is 16.5. The van der Waals surface area contributed by atoms with Crippen LogP contribution in [-0.4, -0.2) is 41.6 Å². The van der Waals surface area contributed by atoms with E-state index in [4.69, 9.17) is 0 Å². The van der Waals surface area contributed by atoms with Gasteiger partial charge in [0, 0.05) is 43.8 Å². The first-order valence-corrected chi connectivity index (χ1v) is 9.24. The van der Waals surface area contributed by atoms with Gasteiger partial charge in [0.05, 0.1) is 0 Å². The third-order valence-corrected chi connectivity index (χ3v) is 5.78. The molecule has 2 amide bonds. The SMILES string of the molecule is O=C1CCN(C(=O)C2CCC(NC(=O)C3CCCC3)CC2)CC1. The third kappa shape index (κ3) is 4.12. The van der Waals surface area contributed by atoms with Crippen LogP contribution in [0.25, 0.3) is 0 Å². The Morgan fingerprint density at radius 3 is 2.09 bits per heavy atom. The molecule has 0 bridgehead atoms. The maximum Gasteiger partial charge on any atom is 0.225 e. The molecule has 0 aromatic rings. The van der Waals surface area contributed by atoms with Gasteiger partial charge in [0.25, 0.3) is 0 Å². The van der Waals surface area contributed by atoms with Crippen molar-refractivity contribution in [1.29, 1.82) is 0 Å². The number of likely N-dealkylation sites (tertiary alicyclic amines) is 1. The molecule has 1 saturated heterocycles. The van der Waals surface area contributed by atoms with Crippen molar-refractivity contribution in [1.82, 2.24) is 10.2 Å². The Labute approximate surface area is 138 Å². The van der Waals surface area contributed by atoms with Crippen molar-refractivity contribution in [2.75, 3.05) is 13.1 Å². The minimum atomic E-state index is 0.0860. The van der Waals surface area contributed by atoms with E-state index in [2.05, 4.69) is 5.32 Å². The lowest BCUT2D eigenvalue weighted by Gasteiger charge is -2.34. The van der Waals surface area contributed by atoms with Crippen molar-refractivity contribution in [2.45, 2.75) is 70.3 Å². The Bertz CT molecular complexity index is 453. The van der Waals surface area contributed by atoms with E-state index in [0.29, 0.717) is 25.9 Å². The molecule has 23 heavy (non-hydrogen) atoms. The van der Waals surface area contributed by atoms with Crippen molar-refractivity contribution in [3.05, 3.63) is 0 Å². The van der Waals surface area contributed by atoms with Gasteiger partial charge in [-0.15, -0.1) is 0 Å². The smallest absolute Gasteiger partial charge is 0.225 e. The molecule has 1 aliphatic heterocycles. The van der Waals surface area contributed by atoms with E-state index in [1.807, 2.05) is 4.90 Å². The number of rotatable bonds is 3. The molecule has 3 fully saturated rings. The number of ketones is 1. The molecule has 128 valence electrons. The zero-order valence-corrected chi connectivity index (χ0v) is 13.9. The Kier molecular flexibility index (Phi) is 5.34. The van der Waals surface area contributed by atoms with Crippen molar-refractivity contribution < 1.29 is 14.4 Å². The topological polar surface area (TPSA) is 66.5 Å². The van der Waals surface area contributed by atoms with Gasteiger partial charge in [0.15, 0.2) is 0 Å². The van der Waals surface area contributed by atoms with Crippen LogP contribution >= 0.6 is 0 Å². The molecule has 2 aliphatic carbocycles. The number of carbonyl (C=O) groups excluding carboxylic acids is 3. The lowest BCUT2D eigenvalue weighted by atomic mass is 9.84. The highest BCUT2D eigenvalue weighted by atomic mass is 16.2. The van der Waals surface area contributed by atoms with Gasteiger partial charge in [0.1, 0.15) is 5.78 Å². The average molecular weight is 320 g/mol. The lowest BCUT2D eigenvalue weighted by Crippen LogP contribution is -2.45. The highest BCUT2D eigenvalue weighted by molar-refractivity contribution is 5.84. The van der Waals surface area contributed by atoms with E-state index >= 15 is 0 Å². The predicted octanol–water partition coefficient (Wildman–Crippen LogP) is 2.04. The quantitative estimate of drug-likeness (QED) is 0.865.